The summed E-state index contributed by atoms with van der Waals surface area (Å²) in [5, 5.41) is 6.95. The first-order valence-corrected chi connectivity index (χ1v) is 10.2. The minimum atomic E-state index is -1.56. The van der Waals surface area contributed by atoms with Gasteiger partial charge in [-0.15, -0.1) is 0 Å². The van der Waals surface area contributed by atoms with E-state index in [1.54, 1.807) is 12.4 Å². The van der Waals surface area contributed by atoms with E-state index in [4.69, 9.17) is 12.1 Å². The summed E-state index contributed by atoms with van der Waals surface area (Å²) in [6.07, 6.45) is 1.90. The molecule has 0 unspecified atom stereocenters. The van der Waals surface area contributed by atoms with Crippen molar-refractivity contribution in [1.82, 2.24) is 9.97 Å². The zero-order valence-electron chi connectivity index (χ0n) is 19.2. The van der Waals surface area contributed by atoms with Gasteiger partial charge in [0.1, 0.15) is 5.58 Å². The van der Waals surface area contributed by atoms with Gasteiger partial charge in [0, 0.05) is 36.7 Å². The molecular formula is C27H22N2O. The van der Waals surface area contributed by atoms with Crippen LogP contribution in [0.15, 0.2) is 71.4 Å². The van der Waals surface area contributed by atoms with Crippen LogP contribution in [-0.4, -0.2) is 9.97 Å². The fourth-order valence-electron chi connectivity index (χ4n) is 4.46. The van der Waals surface area contributed by atoms with E-state index in [1.165, 1.54) is 0 Å². The molecule has 0 aliphatic carbocycles. The van der Waals surface area contributed by atoms with Gasteiger partial charge in [-0.2, -0.15) is 0 Å². The van der Waals surface area contributed by atoms with Gasteiger partial charge >= 0.3 is 0 Å². The third-order valence-electron chi connectivity index (χ3n) is 5.59. The van der Waals surface area contributed by atoms with Gasteiger partial charge in [0.05, 0.1) is 5.52 Å². The maximum absolute atomic E-state index is 9.04. The van der Waals surface area contributed by atoms with E-state index in [9.17, 15) is 0 Å². The Hall–Kier alpha value is -3.46. The standard InChI is InChI=1S/C27H22N2O/c1-27(2,3)15-16-10-12-28-25-18-8-5-4-7-17(18)20-13-21-19-9-6-11-29-26(19)30-23(21)14-22(20)24(16)25/h4-14H,15H2,1-3H3/i15D2. The number of fused-ring (bicyclic) bond motifs is 9. The first kappa shape index (κ1) is 15.4. The smallest absolute Gasteiger partial charge is 0.227 e. The molecule has 3 heteroatoms. The van der Waals surface area contributed by atoms with Gasteiger partial charge in [0.25, 0.3) is 0 Å². The molecule has 0 saturated heterocycles. The molecule has 0 spiro atoms. The molecule has 0 atom stereocenters. The topological polar surface area (TPSA) is 38.9 Å². The maximum Gasteiger partial charge on any atom is 0.227 e. The summed E-state index contributed by atoms with van der Waals surface area (Å²) in [6, 6.07) is 18.2. The third-order valence-corrected chi connectivity index (χ3v) is 5.59. The lowest BCUT2D eigenvalue weighted by Crippen LogP contribution is -2.09. The highest BCUT2D eigenvalue weighted by Crippen LogP contribution is 2.40. The molecule has 0 aliphatic heterocycles. The molecule has 0 saturated carbocycles. The Labute approximate surface area is 177 Å². The minimum absolute atomic E-state index is 0.591. The van der Waals surface area contributed by atoms with Crippen molar-refractivity contribution in [3.8, 4) is 0 Å². The fourth-order valence-corrected chi connectivity index (χ4v) is 4.46. The van der Waals surface area contributed by atoms with Crippen molar-refractivity contribution < 1.29 is 7.16 Å². The van der Waals surface area contributed by atoms with Crippen LogP contribution in [0.3, 0.4) is 0 Å². The van der Waals surface area contributed by atoms with E-state index >= 15 is 0 Å². The van der Waals surface area contributed by atoms with Crippen molar-refractivity contribution in [1.29, 1.82) is 0 Å². The number of aromatic nitrogens is 2. The first-order chi connectivity index (χ1) is 15.3. The van der Waals surface area contributed by atoms with Crippen LogP contribution in [0.4, 0.5) is 0 Å². The fraction of sp³-hybridized carbons (Fsp3) is 0.185. The largest absolute Gasteiger partial charge is 0.438 e. The molecule has 0 fully saturated rings. The van der Waals surface area contributed by atoms with Crippen molar-refractivity contribution in [2.75, 3.05) is 0 Å². The Kier molecular flexibility index (Phi) is 3.09. The zero-order valence-corrected chi connectivity index (χ0v) is 17.2. The van der Waals surface area contributed by atoms with Crippen molar-refractivity contribution in [2.45, 2.75) is 27.1 Å². The van der Waals surface area contributed by atoms with Crippen LogP contribution in [0, 0.1) is 5.41 Å². The van der Waals surface area contributed by atoms with Crippen LogP contribution in [0.1, 0.15) is 29.1 Å². The number of rotatable bonds is 1. The van der Waals surface area contributed by atoms with Gasteiger partial charge in [0.2, 0.25) is 5.71 Å². The summed E-state index contributed by atoms with van der Waals surface area (Å²) in [6.45, 7) is 5.81. The van der Waals surface area contributed by atoms with Crippen molar-refractivity contribution in [3.05, 3.63) is 72.6 Å². The van der Waals surface area contributed by atoms with E-state index in [0.29, 0.717) is 11.3 Å². The SMILES string of the molecule is [2H]C([2H])(c1ccnc2c3ccccc3c3cc4c(cc3c12)oc1ncccc14)C(C)(C)C. The molecule has 30 heavy (non-hydrogen) atoms. The molecule has 6 aromatic rings. The van der Waals surface area contributed by atoms with Crippen molar-refractivity contribution in [3.63, 3.8) is 0 Å². The Morgan fingerprint density at radius 2 is 1.60 bits per heavy atom. The van der Waals surface area contributed by atoms with Gasteiger partial charge in [-0.25, -0.2) is 4.98 Å². The molecule has 3 heterocycles. The van der Waals surface area contributed by atoms with Crippen LogP contribution in [0.25, 0.3) is 54.5 Å². The highest BCUT2D eigenvalue weighted by molar-refractivity contribution is 6.27. The summed E-state index contributed by atoms with van der Waals surface area (Å²) < 4.78 is 24.2. The number of pyridine rings is 2. The predicted molar refractivity (Wildman–Crippen MR) is 125 cm³/mol. The van der Waals surface area contributed by atoms with Gasteiger partial charge < -0.3 is 4.42 Å². The summed E-state index contributed by atoms with van der Waals surface area (Å²) in [5.41, 5.74) is 2.22. The monoisotopic (exact) mass is 392 g/mol. The normalized spacial score (nSPS) is 14.1. The summed E-state index contributed by atoms with van der Waals surface area (Å²) in [7, 11) is 0. The molecule has 3 nitrogen and oxygen atoms in total. The molecule has 6 rings (SSSR count). The number of benzene rings is 3. The number of hydrogen-bond acceptors (Lipinski definition) is 3. The summed E-state index contributed by atoms with van der Waals surface area (Å²) in [4.78, 5) is 9.11. The summed E-state index contributed by atoms with van der Waals surface area (Å²) >= 11 is 0. The quantitative estimate of drug-likeness (QED) is 0.273. The second kappa shape index (κ2) is 6.02. The van der Waals surface area contributed by atoms with E-state index < -0.39 is 11.8 Å². The van der Waals surface area contributed by atoms with E-state index in [2.05, 4.69) is 23.2 Å². The highest BCUT2D eigenvalue weighted by atomic mass is 16.3. The van der Waals surface area contributed by atoms with E-state index in [0.717, 1.165) is 48.8 Å². The average molecular weight is 392 g/mol. The van der Waals surface area contributed by atoms with Crippen molar-refractivity contribution >= 4 is 54.5 Å². The average Bonchev–Trinajstić information content (AvgIpc) is 3.14. The van der Waals surface area contributed by atoms with Gasteiger partial charge in [-0.3, -0.25) is 4.98 Å². The lowest BCUT2D eigenvalue weighted by molar-refractivity contribution is 0.412. The summed E-state index contributed by atoms with van der Waals surface area (Å²) in [5.74, 6) is 0. The molecule has 0 aliphatic rings. The lowest BCUT2D eigenvalue weighted by atomic mass is 9.85. The molecule has 146 valence electrons. The van der Waals surface area contributed by atoms with E-state index in [1.807, 2.05) is 57.2 Å². The van der Waals surface area contributed by atoms with E-state index in [-0.39, 0.29) is 0 Å². The zero-order chi connectivity index (χ0) is 22.3. The maximum atomic E-state index is 9.04. The number of furan rings is 1. The third kappa shape index (κ3) is 2.51. The van der Waals surface area contributed by atoms with Gasteiger partial charge in [-0.1, -0.05) is 45.0 Å². The Balaban J connectivity index is 1.90. The minimum Gasteiger partial charge on any atom is -0.438 e. The van der Waals surface area contributed by atoms with Crippen LogP contribution in [-0.2, 0) is 6.37 Å². The van der Waals surface area contributed by atoms with Gasteiger partial charge in [-0.05, 0) is 63.8 Å². The van der Waals surface area contributed by atoms with Crippen LogP contribution < -0.4 is 0 Å². The first-order valence-electron chi connectivity index (χ1n) is 11.2. The predicted octanol–water partition coefficient (Wildman–Crippen LogP) is 7.42. The second-order valence-corrected chi connectivity index (χ2v) is 8.85. The van der Waals surface area contributed by atoms with Crippen molar-refractivity contribution in [2.24, 2.45) is 5.41 Å². The second-order valence-electron chi connectivity index (χ2n) is 8.85. The lowest BCUT2D eigenvalue weighted by Gasteiger charge is -2.20. The number of nitrogens with zero attached hydrogens (tertiary/aromatic N) is 2. The molecule has 0 bridgehead atoms. The molecule has 3 aromatic carbocycles. The Bertz CT molecular complexity index is 1690. The molecule has 0 N–H and O–H groups in total. The molecular weight excluding hydrogens is 368 g/mol. The van der Waals surface area contributed by atoms with Crippen LogP contribution in [0.2, 0.25) is 0 Å². The molecule has 0 radical (unpaired) electrons. The van der Waals surface area contributed by atoms with Crippen LogP contribution >= 0.6 is 0 Å². The Morgan fingerprint density at radius 1 is 0.800 bits per heavy atom. The number of hydrogen-bond donors (Lipinski definition) is 0. The van der Waals surface area contributed by atoms with Gasteiger partial charge in [0.15, 0.2) is 0 Å². The molecule has 0 amide bonds. The van der Waals surface area contributed by atoms with Crippen LogP contribution in [0.5, 0.6) is 0 Å². The highest BCUT2D eigenvalue weighted by Gasteiger charge is 2.19. The molecule has 3 aromatic heterocycles. The Morgan fingerprint density at radius 3 is 2.43 bits per heavy atom.